The van der Waals surface area contributed by atoms with Gasteiger partial charge in [-0.05, 0) is 42.3 Å². The van der Waals surface area contributed by atoms with Crippen molar-refractivity contribution in [3.63, 3.8) is 0 Å². The fourth-order valence-corrected chi connectivity index (χ4v) is 2.78. The average Bonchev–Trinajstić information content (AvgIpc) is 3.12. The number of aliphatic carboxylic acids is 1. The van der Waals surface area contributed by atoms with Crippen molar-refractivity contribution in [1.82, 2.24) is 4.98 Å². The summed E-state index contributed by atoms with van der Waals surface area (Å²) in [6.07, 6.45) is 3.52. The molecule has 1 heterocycles. The molecule has 0 unspecified atom stereocenters. The van der Waals surface area contributed by atoms with Crippen LogP contribution in [0, 0.1) is 0 Å². The van der Waals surface area contributed by atoms with Crippen LogP contribution in [0.1, 0.15) is 37.6 Å². The summed E-state index contributed by atoms with van der Waals surface area (Å²) in [5.74, 6) is 0.598. The zero-order valence-electron chi connectivity index (χ0n) is 16.0. The number of unbranched alkanes of at least 4 members (excludes halogenated alkanes) is 1. The Hall–Kier alpha value is -3.28. The molecule has 0 amide bonds. The molecule has 3 rings (SSSR count). The van der Waals surface area contributed by atoms with Gasteiger partial charge in [0.25, 0.3) is 0 Å². The molecule has 0 aliphatic heterocycles. The van der Waals surface area contributed by atoms with Gasteiger partial charge in [-0.15, -0.1) is 0 Å². The molecule has 146 valence electrons. The predicted molar refractivity (Wildman–Crippen MR) is 108 cm³/mol. The SMILES string of the molecule is CCCCOc1cc(/C=C(\CC(=O)O)c2nc3ccccc3o2)ccc1OC. The molecule has 0 saturated carbocycles. The normalized spacial score (nSPS) is 11.6. The molecule has 0 saturated heterocycles. The molecule has 0 atom stereocenters. The van der Waals surface area contributed by atoms with Crippen LogP contribution in [0.2, 0.25) is 0 Å². The number of nitrogens with zero attached hydrogens (tertiary/aromatic N) is 1. The minimum absolute atomic E-state index is 0.203. The van der Waals surface area contributed by atoms with E-state index >= 15 is 0 Å². The molecule has 0 bridgehead atoms. The third-order valence-corrected chi connectivity index (χ3v) is 4.19. The van der Waals surface area contributed by atoms with Gasteiger partial charge in [-0.25, -0.2) is 4.98 Å². The first-order valence-corrected chi connectivity index (χ1v) is 9.20. The van der Waals surface area contributed by atoms with Crippen molar-refractivity contribution in [1.29, 1.82) is 0 Å². The van der Waals surface area contributed by atoms with Crippen LogP contribution in [0.3, 0.4) is 0 Å². The molecule has 1 aromatic heterocycles. The van der Waals surface area contributed by atoms with Crippen LogP contribution in [0.4, 0.5) is 0 Å². The van der Waals surface area contributed by atoms with Gasteiger partial charge >= 0.3 is 5.97 Å². The van der Waals surface area contributed by atoms with Gasteiger partial charge in [0.2, 0.25) is 5.89 Å². The number of carbonyl (C=O) groups is 1. The Morgan fingerprint density at radius 1 is 1.21 bits per heavy atom. The molecule has 0 fully saturated rings. The Labute approximate surface area is 163 Å². The fourth-order valence-electron chi connectivity index (χ4n) is 2.78. The van der Waals surface area contributed by atoms with E-state index in [9.17, 15) is 9.90 Å². The number of fused-ring (bicyclic) bond motifs is 1. The second-order valence-corrected chi connectivity index (χ2v) is 6.34. The highest BCUT2D eigenvalue weighted by atomic mass is 16.5. The van der Waals surface area contributed by atoms with Gasteiger partial charge in [-0.1, -0.05) is 31.5 Å². The lowest BCUT2D eigenvalue weighted by molar-refractivity contribution is -0.135. The summed E-state index contributed by atoms with van der Waals surface area (Å²) in [5, 5.41) is 9.32. The third kappa shape index (κ3) is 4.71. The number of carboxylic acid groups (broad SMARTS) is 1. The van der Waals surface area contributed by atoms with Crippen LogP contribution < -0.4 is 9.47 Å². The highest BCUT2D eigenvalue weighted by Gasteiger charge is 2.15. The Morgan fingerprint density at radius 2 is 2.04 bits per heavy atom. The molecule has 0 aliphatic rings. The van der Waals surface area contributed by atoms with Gasteiger partial charge < -0.3 is 19.0 Å². The number of para-hydroxylation sites is 2. The standard InChI is InChI=1S/C22H23NO5/c1-3-4-11-27-20-13-15(9-10-19(20)26-2)12-16(14-21(24)25)22-23-17-7-5-6-8-18(17)28-22/h5-10,12-13H,3-4,11,14H2,1-2H3,(H,24,25)/b16-12+. The number of benzene rings is 2. The number of oxazole rings is 1. The van der Waals surface area contributed by atoms with Gasteiger partial charge in [0.15, 0.2) is 17.1 Å². The topological polar surface area (TPSA) is 81.8 Å². The molecule has 6 nitrogen and oxygen atoms in total. The van der Waals surface area contributed by atoms with Crippen LogP contribution in [-0.2, 0) is 4.79 Å². The van der Waals surface area contributed by atoms with Crippen molar-refractivity contribution in [3.05, 3.63) is 53.9 Å². The number of carboxylic acids is 1. The molecule has 0 aliphatic carbocycles. The highest BCUT2D eigenvalue weighted by Crippen LogP contribution is 2.31. The van der Waals surface area contributed by atoms with Gasteiger partial charge in [0.05, 0.1) is 20.1 Å². The van der Waals surface area contributed by atoms with Crippen LogP contribution in [-0.4, -0.2) is 29.8 Å². The van der Waals surface area contributed by atoms with E-state index in [0.717, 1.165) is 18.4 Å². The van der Waals surface area contributed by atoms with Crippen molar-refractivity contribution in [3.8, 4) is 11.5 Å². The first-order chi connectivity index (χ1) is 13.6. The molecular weight excluding hydrogens is 358 g/mol. The van der Waals surface area contributed by atoms with Crippen molar-refractivity contribution in [2.24, 2.45) is 0 Å². The molecular formula is C22H23NO5. The van der Waals surface area contributed by atoms with Gasteiger partial charge in [-0.3, -0.25) is 4.79 Å². The predicted octanol–water partition coefficient (Wildman–Crippen LogP) is 5.03. The number of aromatic nitrogens is 1. The quantitative estimate of drug-likeness (QED) is 0.524. The molecule has 28 heavy (non-hydrogen) atoms. The van der Waals surface area contributed by atoms with Crippen molar-refractivity contribution >= 4 is 28.7 Å². The highest BCUT2D eigenvalue weighted by molar-refractivity contribution is 5.91. The maximum absolute atomic E-state index is 11.4. The van der Waals surface area contributed by atoms with Crippen LogP contribution in [0.25, 0.3) is 22.7 Å². The zero-order valence-corrected chi connectivity index (χ0v) is 16.0. The Morgan fingerprint density at radius 3 is 2.75 bits per heavy atom. The number of hydrogen-bond acceptors (Lipinski definition) is 5. The summed E-state index contributed by atoms with van der Waals surface area (Å²) in [7, 11) is 1.59. The van der Waals surface area contributed by atoms with E-state index in [0.29, 0.717) is 40.7 Å². The number of ether oxygens (including phenoxy) is 2. The molecule has 3 aromatic rings. The lowest BCUT2D eigenvalue weighted by atomic mass is 10.1. The maximum Gasteiger partial charge on any atom is 0.308 e. The summed E-state index contributed by atoms with van der Waals surface area (Å²) in [6, 6.07) is 12.8. The van der Waals surface area contributed by atoms with E-state index < -0.39 is 5.97 Å². The van der Waals surface area contributed by atoms with E-state index in [1.54, 1.807) is 25.3 Å². The van der Waals surface area contributed by atoms with Crippen LogP contribution in [0.5, 0.6) is 11.5 Å². The lowest BCUT2D eigenvalue weighted by Gasteiger charge is -2.11. The summed E-state index contributed by atoms with van der Waals surface area (Å²) in [4.78, 5) is 15.8. The largest absolute Gasteiger partial charge is 0.493 e. The molecule has 6 heteroatoms. The van der Waals surface area contributed by atoms with Crippen LogP contribution >= 0.6 is 0 Å². The molecule has 0 spiro atoms. The van der Waals surface area contributed by atoms with E-state index in [1.165, 1.54) is 0 Å². The first kappa shape index (κ1) is 19.5. The van der Waals surface area contributed by atoms with Crippen molar-refractivity contribution in [2.75, 3.05) is 13.7 Å². The van der Waals surface area contributed by atoms with Gasteiger partial charge in [-0.2, -0.15) is 0 Å². The minimum atomic E-state index is -0.957. The van der Waals surface area contributed by atoms with Crippen molar-refractivity contribution < 1.29 is 23.8 Å². The second kappa shape index (κ2) is 9.08. The fraction of sp³-hybridized carbons (Fsp3) is 0.273. The maximum atomic E-state index is 11.4. The Balaban J connectivity index is 1.97. The smallest absolute Gasteiger partial charge is 0.308 e. The van der Waals surface area contributed by atoms with Crippen molar-refractivity contribution in [2.45, 2.75) is 26.2 Å². The third-order valence-electron chi connectivity index (χ3n) is 4.19. The molecule has 0 radical (unpaired) electrons. The summed E-state index contributed by atoms with van der Waals surface area (Å²) in [5.41, 5.74) is 2.57. The van der Waals surface area contributed by atoms with E-state index in [-0.39, 0.29) is 6.42 Å². The van der Waals surface area contributed by atoms with Gasteiger partial charge in [0.1, 0.15) is 5.52 Å². The van der Waals surface area contributed by atoms with E-state index in [4.69, 9.17) is 13.9 Å². The Kier molecular flexibility index (Phi) is 6.32. The second-order valence-electron chi connectivity index (χ2n) is 6.34. The monoisotopic (exact) mass is 381 g/mol. The summed E-state index contributed by atoms with van der Waals surface area (Å²) < 4.78 is 16.9. The number of hydrogen-bond donors (Lipinski definition) is 1. The number of methoxy groups -OCH3 is 1. The number of rotatable bonds is 9. The average molecular weight is 381 g/mol. The first-order valence-electron chi connectivity index (χ1n) is 9.20. The van der Waals surface area contributed by atoms with E-state index in [2.05, 4.69) is 11.9 Å². The summed E-state index contributed by atoms with van der Waals surface area (Å²) in [6.45, 7) is 2.69. The lowest BCUT2D eigenvalue weighted by Crippen LogP contribution is -2.00. The zero-order chi connectivity index (χ0) is 19.9. The van der Waals surface area contributed by atoms with E-state index in [1.807, 2.05) is 30.3 Å². The molecule has 1 N–H and O–H groups in total. The molecule has 2 aromatic carbocycles. The van der Waals surface area contributed by atoms with Gasteiger partial charge in [0, 0.05) is 5.57 Å². The van der Waals surface area contributed by atoms with Crippen LogP contribution in [0.15, 0.2) is 46.9 Å². The minimum Gasteiger partial charge on any atom is -0.493 e. The summed E-state index contributed by atoms with van der Waals surface area (Å²) >= 11 is 0. The Bertz CT molecular complexity index is 957.